The van der Waals surface area contributed by atoms with Crippen molar-refractivity contribution in [2.45, 2.75) is 18.4 Å². The number of aliphatic carboxylic acids is 1. The van der Waals surface area contributed by atoms with Crippen LogP contribution in [-0.2, 0) is 14.3 Å². The average molecular weight is 453 g/mol. The molecule has 2 amide bonds. The Morgan fingerprint density at radius 2 is 1.72 bits per heavy atom. The van der Waals surface area contributed by atoms with Crippen molar-refractivity contribution in [3.8, 4) is 11.1 Å². The zero-order valence-electron chi connectivity index (χ0n) is 17.4. The first-order chi connectivity index (χ1) is 15.5. The summed E-state index contributed by atoms with van der Waals surface area (Å²) in [5.74, 6) is -0.425. The van der Waals surface area contributed by atoms with Gasteiger partial charge in [-0.25, -0.2) is 9.59 Å². The maximum absolute atomic E-state index is 12.6. The molecule has 1 saturated carbocycles. The number of carboxylic acid groups (broad SMARTS) is 1. The SMILES string of the molecule is O=C(NCC1CC1C(=O)N1CSCC1C(=O)O)OCC1c2ccccc2-c2ccccc21. The summed E-state index contributed by atoms with van der Waals surface area (Å²) in [5, 5.41) is 12.0. The highest BCUT2D eigenvalue weighted by Gasteiger charge is 2.48. The Bertz CT molecular complexity index is 1030. The van der Waals surface area contributed by atoms with Crippen molar-refractivity contribution >= 4 is 29.7 Å². The normalized spacial score (nSPS) is 23.4. The molecule has 1 saturated heterocycles. The zero-order valence-corrected chi connectivity index (χ0v) is 18.2. The topological polar surface area (TPSA) is 95.9 Å². The van der Waals surface area contributed by atoms with Crippen molar-refractivity contribution in [1.29, 1.82) is 0 Å². The Morgan fingerprint density at radius 1 is 1.06 bits per heavy atom. The fourth-order valence-electron chi connectivity index (χ4n) is 4.72. The molecule has 2 aromatic carbocycles. The monoisotopic (exact) mass is 452 g/mol. The number of thioether (sulfide) groups is 1. The summed E-state index contributed by atoms with van der Waals surface area (Å²) < 4.78 is 5.54. The van der Waals surface area contributed by atoms with Crippen molar-refractivity contribution in [2.75, 3.05) is 24.8 Å². The summed E-state index contributed by atoms with van der Waals surface area (Å²) in [6, 6.07) is 15.6. The van der Waals surface area contributed by atoms with Gasteiger partial charge in [-0.2, -0.15) is 0 Å². The van der Waals surface area contributed by atoms with E-state index in [4.69, 9.17) is 4.74 Å². The number of ether oxygens (including phenoxy) is 1. The van der Waals surface area contributed by atoms with Crippen LogP contribution in [0.4, 0.5) is 4.79 Å². The minimum absolute atomic E-state index is 0.00372. The van der Waals surface area contributed by atoms with Crippen LogP contribution >= 0.6 is 11.8 Å². The summed E-state index contributed by atoms with van der Waals surface area (Å²) in [4.78, 5) is 37.7. The van der Waals surface area contributed by atoms with E-state index in [0.29, 0.717) is 24.6 Å². The highest BCUT2D eigenvalue weighted by molar-refractivity contribution is 7.99. The fraction of sp³-hybridized carbons (Fsp3) is 0.375. The Labute approximate surface area is 190 Å². The molecule has 2 N–H and O–H groups in total. The van der Waals surface area contributed by atoms with Gasteiger partial charge in [0.25, 0.3) is 0 Å². The summed E-state index contributed by atoms with van der Waals surface area (Å²) in [7, 11) is 0. The van der Waals surface area contributed by atoms with Gasteiger partial charge in [0.05, 0.1) is 5.88 Å². The van der Waals surface area contributed by atoms with Crippen LogP contribution in [0.2, 0.25) is 0 Å². The molecule has 166 valence electrons. The van der Waals surface area contributed by atoms with Gasteiger partial charge in [0.2, 0.25) is 5.91 Å². The van der Waals surface area contributed by atoms with Crippen LogP contribution in [0.1, 0.15) is 23.5 Å². The van der Waals surface area contributed by atoms with Crippen LogP contribution in [0.15, 0.2) is 48.5 Å². The number of hydrogen-bond donors (Lipinski definition) is 2. The summed E-state index contributed by atoms with van der Waals surface area (Å²) in [6.45, 7) is 0.601. The van der Waals surface area contributed by atoms with Gasteiger partial charge in [0, 0.05) is 24.1 Å². The largest absolute Gasteiger partial charge is 0.480 e. The Kier molecular flexibility index (Phi) is 5.55. The molecule has 3 aliphatic rings. The number of alkyl carbamates (subject to hydrolysis) is 1. The number of carbonyl (C=O) groups excluding carboxylic acids is 2. The number of carbonyl (C=O) groups is 3. The van der Waals surface area contributed by atoms with Crippen molar-refractivity contribution < 1.29 is 24.2 Å². The lowest BCUT2D eigenvalue weighted by molar-refractivity contribution is -0.148. The molecule has 32 heavy (non-hydrogen) atoms. The number of benzene rings is 2. The molecule has 2 aromatic rings. The lowest BCUT2D eigenvalue weighted by Crippen LogP contribution is -2.43. The van der Waals surface area contributed by atoms with Gasteiger partial charge >= 0.3 is 12.1 Å². The van der Waals surface area contributed by atoms with E-state index in [1.54, 1.807) is 0 Å². The number of nitrogens with one attached hydrogen (secondary N) is 1. The number of fused-ring (bicyclic) bond motifs is 3. The second-order valence-corrected chi connectivity index (χ2v) is 9.47. The first-order valence-corrected chi connectivity index (χ1v) is 11.9. The van der Waals surface area contributed by atoms with Crippen LogP contribution in [-0.4, -0.2) is 58.8 Å². The molecular formula is C24H24N2O5S. The highest BCUT2D eigenvalue weighted by atomic mass is 32.2. The molecule has 0 aromatic heterocycles. The van der Waals surface area contributed by atoms with Gasteiger partial charge in [-0.15, -0.1) is 11.8 Å². The molecule has 3 unspecified atom stereocenters. The Morgan fingerprint density at radius 3 is 2.38 bits per heavy atom. The van der Waals surface area contributed by atoms with E-state index in [1.165, 1.54) is 27.8 Å². The quantitative estimate of drug-likeness (QED) is 0.699. The molecule has 1 heterocycles. The molecule has 1 aliphatic heterocycles. The number of hydrogen-bond acceptors (Lipinski definition) is 5. The molecule has 0 bridgehead atoms. The third kappa shape index (κ3) is 3.83. The summed E-state index contributed by atoms with van der Waals surface area (Å²) in [6.07, 6.45) is 0.167. The van der Waals surface area contributed by atoms with E-state index >= 15 is 0 Å². The predicted molar refractivity (Wildman–Crippen MR) is 120 cm³/mol. The summed E-state index contributed by atoms with van der Waals surface area (Å²) in [5.41, 5.74) is 4.67. The minimum Gasteiger partial charge on any atom is -0.480 e. The maximum atomic E-state index is 12.6. The molecule has 5 rings (SSSR count). The lowest BCUT2D eigenvalue weighted by atomic mass is 9.98. The lowest BCUT2D eigenvalue weighted by Gasteiger charge is -2.20. The minimum atomic E-state index is -0.961. The molecule has 3 atom stereocenters. The Hall–Kier alpha value is -3.00. The van der Waals surface area contributed by atoms with Gasteiger partial charge in [-0.3, -0.25) is 4.79 Å². The Balaban J connectivity index is 1.12. The van der Waals surface area contributed by atoms with Gasteiger partial charge in [-0.05, 0) is 34.6 Å². The van der Waals surface area contributed by atoms with E-state index in [9.17, 15) is 19.5 Å². The summed E-state index contributed by atoms with van der Waals surface area (Å²) >= 11 is 1.46. The molecule has 8 heteroatoms. The van der Waals surface area contributed by atoms with E-state index in [-0.39, 0.29) is 30.3 Å². The highest BCUT2D eigenvalue weighted by Crippen LogP contribution is 2.44. The van der Waals surface area contributed by atoms with E-state index in [1.807, 2.05) is 24.3 Å². The molecule has 7 nitrogen and oxygen atoms in total. The van der Waals surface area contributed by atoms with Crippen LogP contribution in [0, 0.1) is 11.8 Å². The van der Waals surface area contributed by atoms with Gasteiger partial charge in [-0.1, -0.05) is 48.5 Å². The van der Waals surface area contributed by atoms with Gasteiger partial charge < -0.3 is 20.1 Å². The molecule has 2 aliphatic carbocycles. The van der Waals surface area contributed by atoms with Crippen molar-refractivity contribution in [1.82, 2.24) is 10.2 Å². The smallest absolute Gasteiger partial charge is 0.407 e. The first kappa shape index (κ1) is 20.9. The number of nitrogens with zero attached hydrogens (tertiary/aromatic N) is 1. The van der Waals surface area contributed by atoms with Crippen LogP contribution in [0.25, 0.3) is 11.1 Å². The van der Waals surface area contributed by atoms with Crippen LogP contribution < -0.4 is 5.32 Å². The molecular weight excluding hydrogens is 428 g/mol. The third-order valence-corrected chi connectivity index (χ3v) is 7.55. The van der Waals surface area contributed by atoms with E-state index in [2.05, 4.69) is 29.6 Å². The van der Waals surface area contributed by atoms with Gasteiger partial charge in [0.15, 0.2) is 0 Å². The van der Waals surface area contributed by atoms with Gasteiger partial charge in [0.1, 0.15) is 12.6 Å². The number of amides is 2. The van der Waals surface area contributed by atoms with E-state index in [0.717, 1.165) is 11.1 Å². The number of rotatable bonds is 6. The van der Waals surface area contributed by atoms with Crippen LogP contribution in [0.5, 0.6) is 0 Å². The average Bonchev–Trinajstić information content (AvgIpc) is 3.27. The molecule has 2 fully saturated rings. The third-order valence-electron chi connectivity index (χ3n) is 6.54. The molecule has 0 spiro atoms. The van der Waals surface area contributed by atoms with Crippen LogP contribution in [0.3, 0.4) is 0 Å². The first-order valence-electron chi connectivity index (χ1n) is 10.7. The number of carboxylic acids is 1. The second-order valence-electron chi connectivity index (χ2n) is 8.47. The fourth-order valence-corrected chi connectivity index (χ4v) is 5.87. The van der Waals surface area contributed by atoms with E-state index < -0.39 is 18.1 Å². The van der Waals surface area contributed by atoms with Crippen molar-refractivity contribution in [2.24, 2.45) is 11.8 Å². The predicted octanol–water partition coefficient (Wildman–Crippen LogP) is 3.15. The maximum Gasteiger partial charge on any atom is 0.407 e. The second kappa shape index (κ2) is 8.50. The van der Waals surface area contributed by atoms with Crippen molar-refractivity contribution in [3.05, 3.63) is 59.7 Å². The standard InChI is InChI=1S/C24H24N2O5S/c27-22(26-13-32-12-21(26)23(28)29)19-9-14(19)10-25-24(30)31-11-20-17-7-3-1-5-15(17)16-6-2-4-8-18(16)20/h1-8,14,19-21H,9-13H2,(H,25,30)(H,28,29). The molecule has 0 radical (unpaired) electrons. The zero-order chi connectivity index (χ0) is 22.2. The van der Waals surface area contributed by atoms with Crippen molar-refractivity contribution in [3.63, 3.8) is 0 Å².